The smallest absolute Gasteiger partial charge is 0.123 e. The molecule has 0 amide bonds. The van der Waals surface area contributed by atoms with Crippen LogP contribution in [0.25, 0.3) is 0 Å². The van der Waals surface area contributed by atoms with Crippen LogP contribution in [0.15, 0.2) is 24.3 Å². The molecule has 0 radical (unpaired) electrons. The lowest BCUT2D eigenvalue weighted by molar-refractivity contribution is 0.200. The van der Waals surface area contributed by atoms with E-state index in [1.54, 1.807) is 0 Å². The van der Waals surface area contributed by atoms with Crippen LogP contribution in [-0.2, 0) is 6.42 Å². The molecule has 3 N–H and O–H groups in total. The highest BCUT2D eigenvalue weighted by molar-refractivity contribution is 5.37. The Balaban J connectivity index is 1.49. The van der Waals surface area contributed by atoms with Gasteiger partial charge in [-0.2, -0.15) is 0 Å². The third kappa shape index (κ3) is 1.93. The van der Waals surface area contributed by atoms with E-state index < -0.39 is 0 Å². The lowest BCUT2D eigenvalue weighted by Gasteiger charge is -2.33. The molecule has 2 aliphatic rings. The molecule has 0 saturated heterocycles. The normalized spacial score (nSPS) is 31.7. The summed E-state index contributed by atoms with van der Waals surface area (Å²) in [5, 5.41) is 3.52. The number of nitrogens with one attached hydrogen (secondary N) is 1. The van der Waals surface area contributed by atoms with Crippen molar-refractivity contribution in [3.05, 3.63) is 29.8 Å². The molecule has 1 aromatic rings. The zero-order valence-corrected chi connectivity index (χ0v) is 9.36. The second-order valence-electron chi connectivity index (χ2n) is 4.89. The molecule has 3 heteroatoms. The molecule has 0 aromatic heterocycles. The molecule has 1 aromatic carbocycles. The number of para-hydroxylation sites is 1. The van der Waals surface area contributed by atoms with Gasteiger partial charge in [-0.05, 0) is 24.5 Å². The van der Waals surface area contributed by atoms with Gasteiger partial charge in [0.1, 0.15) is 11.9 Å². The molecule has 1 fully saturated rings. The average Bonchev–Trinajstić information content (AvgIpc) is 2.65. The minimum atomic E-state index is 0.300. The zero-order valence-electron chi connectivity index (χ0n) is 9.36. The quantitative estimate of drug-likeness (QED) is 0.798. The molecule has 1 atom stereocenters. The summed E-state index contributed by atoms with van der Waals surface area (Å²) >= 11 is 0. The number of hydrogen-bond acceptors (Lipinski definition) is 3. The predicted octanol–water partition coefficient (Wildman–Crippen LogP) is 1.07. The summed E-state index contributed by atoms with van der Waals surface area (Å²) in [6.07, 6.45) is 3.55. The fourth-order valence-electron chi connectivity index (χ4n) is 2.49. The second kappa shape index (κ2) is 4.07. The van der Waals surface area contributed by atoms with Crippen LogP contribution in [0.1, 0.15) is 18.4 Å². The second-order valence-corrected chi connectivity index (χ2v) is 4.89. The van der Waals surface area contributed by atoms with Crippen LogP contribution in [0, 0.1) is 0 Å². The third-order valence-electron chi connectivity index (χ3n) is 3.52. The van der Waals surface area contributed by atoms with Gasteiger partial charge in [-0.15, -0.1) is 0 Å². The standard InChI is InChI=1S/C13H18N2O/c14-10-6-11(7-10)15-8-12-5-9-3-1-2-4-13(9)16-12/h1-4,10-12,15H,5-8,14H2. The number of ether oxygens (including phenoxy) is 1. The first-order chi connectivity index (χ1) is 7.81. The Hall–Kier alpha value is -1.06. The van der Waals surface area contributed by atoms with E-state index in [2.05, 4.69) is 23.5 Å². The molecule has 16 heavy (non-hydrogen) atoms. The SMILES string of the molecule is NC1CC(NCC2Cc3ccccc3O2)C1. The van der Waals surface area contributed by atoms with Gasteiger partial charge in [0, 0.05) is 25.0 Å². The molecule has 0 bridgehead atoms. The molecule has 1 aliphatic heterocycles. The molecular formula is C13H18N2O. The van der Waals surface area contributed by atoms with Crippen LogP contribution < -0.4 is 15.8 Å². The Bertz CT molecular complexity index is 349. The summed E-state index contributed by atoms with van der Waals surface area (Å²) in [5.41, 5.74) is 7.08. The van der Waals surface area contributed by atoms with Crippen LogP contribution in [0.4, 0.5) is 0 Å². The summed E-state index contributed by atoms with van der Waals surface area (Å²) in [5.74, 6) is 1.06. The van der Waals surface area contributed by atoms with Crippen molar-refractivity contribution < 1.29 is 4.74 Å². The molecule has 1 aliphatic carbocycles. The number of hydrogen-bond donors (Lipinski definition) is 2. The molecule has 3 rings (SSSR count). The first kappa shape index (κ1) is 10.1. The Morgan fingerprint density at radius 2 is 2.12 bits per heavy atom. The number of benzene rings is 1. The first-order valence-corrected chi connectivity index (χ1v) is 6.05. The largest absolute Gasteiger partial charge is 0.488 e. The van der Waals surface area contributed by atoms with Crippen LogP contribution in [0.2, 0.25) is 0 Å². The minimum absolute atomic E-state index is 0.300. The van der Waals surface area contributed by atoms with Crippen molar-refractivity contribution in [2.75, 3.05) is 6.54 Å². The van der Waals surface area contributed by atoms with Crippen molar-refractivity contribution in [3.63, 3.8) is 0 Å². The minimum Gasteiger partial charge on any atom is -0.488 e. The van der Waals surface area contributed by atoms with E-state index in [-0.39, 0.29) is 0 Å². The van der Waals surface area contributed by atoms with E-state index >= 15 is 0 Å². The zero-order chi connectivity index (χ0) is 11.0. The lowest BCUT2D eigenvalue weighted by Crippen LogP contribution is -2.50. The van der Waals surface area contributed by atoms with Crippen molar-refractivity contribution in [2.24, 2.45) is 5.73 Å². The van der Waals surface area contributed by atoms with Gasteiger partial charge < -0.3 is 15.8 Å². The van der Waals surface area contributed by atoms with Gasteiger partial charge in [0.05, 0.1) is 0 Å². The van der Waals surface area contributed by atoms with Crippen LogP contribution in [0.3, 0.4) is 0 Å². The van der Waals surface area contributed by atoms with E-state index in [0.29, 0.717) is 18.2 Å². The van der Waals surface area contributed by atoms with Gasteiger partial charge in [-0.3, -0.25) is 0 Å². The van der Waals surface area contributed by atoms with Crippen molar-refractivity contribution in [1.82, 2.24) is 5.32 Å². The Labute approximate surface area is 96.0 Å². The van der Waals surface area contributed by atoms with Crippen molar-refractivity contribution >= 4 is 0 Å². The highest BCUT2D eigenvalue weighted by Gasteiger charge is 2.28. The van der Waals surface area contributed by atoms with Gasteiger partial charge >= 0.3 is 0 Å². The fourth-order valence-corrected chi connectivity index (χ4v) is 2.49. The summed E-state index contributed by atoms with van der Waals surface area (Å²) < 4.78 is 5.86. The van der Waals surface area contributed by atoms with Gasteiger partial charge in [0.15, 0.2) is 0 Å². The maximum Gasteiger partial charge on any atom is 0.123 e. The summed E-state index contributed by atoms with van der Waals surface area (Å²) in [7, 11) is 0. The summed E-state index contributed by atoms with van der Waals surface area (Å²) in [6.45, 7) is 0.937. The first-order valence-electron chi connectivity index (χ1n) is 6.05. The Morgan fingerprint density at radius 1 is 1.31 bits per heavy atom. The van der Waals surface area contributed by atoms with Gasteiger partial charge in [0.2, 0.25) is 0 Å². The predicted molar refractivity (Wildman–Crippen MR) is 63.6 cm³/mol. The van der Waals surface area contributed by atoms with Gasteiger partial charge in [-0.25, -0.2) is 0 Å². The topological polar surface area (TPSA) is 47.3 Å². The molecule has 1 saturated carbocycles. The van der Waals surface area contributed by atoms with Crippen molar-refractivity contribution in [1.29, 1.82) is 0 Å². The maximum absolute atomic E-state index is 5.86. The van der Waals surface area contributed by atoms with Crippen LogP contribution in [-0.4, -0.2) is 24.7 Å². The highest BCUT2D eigenvalue weighted by atomic mass is 16.5. The van der Waals surface area contributed by atoms with E-state index in [1.807, 2.05) is 6.07 Å². The van der Waals surface area contributed by atoms with E-state index in [9.17, 15) is 0 Å². The number of nitrogens with two attached hydrogens (primary N) is 1. The maximum atomic E-state index is 5.86. The van der Waals surface area contributed by atoms with E-state index in [1.165, 1.54) is 5.56 Å². The number of rotatable bonds is 3. The summed E-state index contributed by atoms with van der Waals surface area (Å²) in [6, 6.07) is 9.33. The fraction of sp³-hybridized carbons (Fsp3) is 0.538. The molecule has 86 valence electrons. The van der Waals surface area contributed by atoms with Gasteiger partial charge in [0.25, 0.3) is 0 Å². The molecular weight excluding hydrogens is 200 g/mol. The molecule has 1 heterocycles. The van der Waals surface area contributed by atoms with Crippen LogP contribution >= 0.6 is 0 Å². The highest BCUT2D eigenvalue weighted by Crippen LogP contribution is 2.28. The third-order valence-corrected chi connectivity index (χ3v) is 3.52. The van der Waals surface area contributed by atoms with Crippen molar-refractivity contribution in [3.8, 4) is 5.75 Å². The van der Waals surface area contributed by atoms with E-state index in [4.69, 9.17) is 10.5 Å². The van der Waals surface area contributed by atoms with E-state index in [0.717, 1.165) is 31.6 Å². The van der Waals surface area contributed by atoms with Crippen molar-refractivity contribution in [2.45, 2.75) is 37.5 Å². The molecule has 3 nitrogen and oxygen atoms in total. The molecule has 0 spiro atoms. The summed E-state index contributed by atoms with van der Waals surface area (Å²) in [4.78, 5) is 0. The average molecular weight is 218 g/mol. The molecule has 1 unspecified atom stereocenters. The van der Waals surface area contributed by atoms with Gasteiger partial charge in [-0.1, -0.05) is 18.2 Å². The Morgan fingerprint density at radius 3 is 2.88 bits per heavy atom. The number of fused-ring (bicyclic) bond motifs is 1. The lowest BCUT2D eigenvalue weighted by atomic mass is 9.87. The Kier molecular flexibility index (Phi) is 2.58. The monoisotopic (exact) mass is 218 g/mol. The van der Waals surface area contributed by atoms with Crippen LogP contribution in [0.5, 0.6) is 5.75 Å².